The Bertz CT molecular complexity index is 973. The molecule has 1 nitrogen and oxygen atoms in total. The van der Waals surface area contributed by atoms with Gasteiger partial charge in [0.25, 0.3) is 0 Å². The summed E-state index contributed by atoms with van der Waals surface area (Å²) in [7, 11) is 0. The van der Waals surface area contributed by atoms with Crippen LogP contribution in [0.4, 0.5) is 5.69 Å². The molecule has 0 fully saturated rings. The fourth-order valence-corrected chi connectivity index (χ4v) is 3.34. The fraction of sp³-hybridized carbons (Fsp3) is 0.0435. The van der Waals surface area contributed by atoms with Gasteiger partial charge in [-0.1, -0.05) is 91.0 Å². The summed E-state index contributed by atoms with van der Waals surface area (Å²) in [6.07, 6.45) is 0.875. The molecule has 4 aromatic rings. The molecule has 0 heterocycles. The van der Waals surface area contributed by atoms with E-state index >= 15 is 0 Å². The van der Waals surface area contributed by atoms with Gasteiger partial charge < -0.3 is 5.73 Å². The van der Waals surface area contributed by atoms with Crippen LogP contribution in [-0.2, 0) is 6.42 Å². The number of rotatable bonds is 3. The van der Waals surface area contributed by atoms with Gasteiger partial charge in [-0.3, -0.25) is 0 Å². The number of fused-ring (bicyclic) bond motifs is 1. The zero-order valence-corrected chi connectivity index (χ0v) is 13.4. The Kier molecular flexibility index (Phi) is 3.76. The van der Waals surface area contributed by atoms with Crippen LogP contribution >= 0.6 is 0 Å². The summed E-state index contributed by atoms with van der Waals surface area (Å²) in [5.74, 6) is 0. The Balaban J connectivity index is 1.96. The van der Waals surface area contributed by atoms with Gasteiger partial charge in [0.05, 0.1) is 0 Å². The summed E-state index contributed by atoms with van der Waals surface area (Å²) in [5.41, 5.74) is 12.4. The van der Waals surface area contributed by atoms with Gasteiger partial charge >= 0.3 is 0 Å². The number of hydrogen-bond acceptors (Lipinski definition) is 1. The largest absolute Gasteiger partial charge is 0.398 e. The van der Waals surface area contributed by atoms with Crippen LogP contribution in [0.1, 0.15) is 11.1 Å². The van der Waals surface area contributed by atoms with E-state index < -0.39 is 0 Å². The van der Waals surface area contributed by atoms with E-state index in [4.69, 9.17) is 5.73 Å². The zero-order chi connectivity index (χ0) is 16.4. The molecule has 2 N–H and O–H groups in total. The summed E-state index contributed by atoms with van der Waals surface area (Å²) in [6, 6.07) is 31.6. The van der Waals surface area contributed by atoms with Crippen molar-refractivity contribution in [3.63, 3.8) is 0 Å². The number of hydrogen-bond donors (Lipinski definition) is 1. The van der Waals surface area contributed by atoms with Crippen molar-refractivity contribution in [1.82, 2.24) is 0 Å². The van der Waals surface area contributed by atoms with Gasteiger partial charge in [-0.05, 0) is 28.5 Å². The minimum atomic E-state index is 0.866. The molecule has 0 saturated carbocycles. The Morgan fingerprint density at radius 2 is 1.29 bits per heavy atom. The third-order valence-electron chi connectivity index (χ3n) is 4.47. The van der Waals surface area contributed by atoms with E-state index in [1.807, 2.05) is 12.1 Å². The highest BCUT2D eigenvalue weighted by Gasteiger charge is 2.13. The van der Waals surface area contributed by atoms with Crippen LogP contribution < -0.4 is 5.73 Å². The highest BCUT2D eigenvalue weighted by atomic mass is 14.6. The molecule has 1 heteroatoms. The minimum Gasteiger partial charge on any atom is -0.398 e. The lowest BCUT2D eigenvalue weighted by atomic mass is 9.90. The highest BCUT2D eigenvalue weighted by molar-refractivity contribution is 6.02. The van der Waals surface area contributed by atoms with Gasteiger partial charge in [-0.25, -0.2) is 0 Å². The number of benzene rings is 4. The molecule has 4 rings (SSSR count). The van der Waals surface area contributed by atoms with Crippen LogP contribution in [0.15, 0.2) is 91.0 Å². The minimum absolute atomic E-state index is 0.866. The van der Waals surface area contributed by atoms with E-state index in [2.05, 4.69) is 78.9 Å². The molecule has 0 bridgehead atoms. The molecular weight excluding hydrogens is 290 g/mol. The van der Waals surface area contributed by atoms with E-state index in [9.17, 15) is 0 Å². The third kappa shape index (κ3) is 2.65. The first-order valence-corrected chi connectivity index (χ1v) is 8.22. The van der Waals surface area contributed by atoms with E-state index in [1.54, 1.807) is 0 Å². The van der Waals surface area contributed by atoms with E-state index in [0.717, 1.165) is 23.1 Å². The smallest absolute Gasteiger partial charge is 0.0476 e. The lowest BCUT2D eigenvalue weighted by Gasteiger charge is -2.16. The van der Waals surface area contributed by atoms with Gasteiger partial charge in [-0.2, -0.15) is 0 Å². The maximum Gasteiger partial charge on any atom is 0.0476 e. The van der Waals surface area contributed by atoms with Crippen molar-refractivity contribution < 1.29 is 0 Å². The molecule has 0 aromatic heterocycles. The lowest BCUT2D eigenvalue weighted by molar-refractivity contribution is 1.20. The van der Waals surface area contributed by atoms with Crippen molar-refractivity contribution in [3.8, 4) is 11.1 Å². The molecule has 0 spiro atoms. The Morgan fingerprint density at radius 3 is 2.04 bits per heavy atom. The molecule has 0 aliphatic carbocycles. The topological polar surface area (TPSA) is 26.0 Å². The number of anilines is 1. The van der Waals surface area contributed by atoms with Crippen molar-refractivity contribution in [1.29, 1.82) is 0 Å². The average molecular weight is 309 g/mol. The van der Waals surface area contributed by atoms with Crippen molar-refractivity contribution in [2.75, 3.05) is 5.73 Å². The molecular formula is C23H19N. The first kappa shape index (κ1) is 14.5. The van der Waals surface area contributed by atoms with Crippen LogP contribution in [0.2, 0.25) is 0 Å². The Labute approximate surface area is 142 Å². The Morgan fingerprint density at radius 1 is 0.667 bits per heavy atom. The van der Waals surface area contributed by atoms with Gasteiger partial charge in [0, 0.05) is 16.6 Å². The summed E-state index contributed by atoms with van der Waals surface area (Å²) < 4.78 is 0. The SMILES string of the molecule is Nc1c(-c2ccccc2)c(Cc2ccccc2)cc2ccccc12. The molecule has 0 atom stereocenters. The van der Waals surface area contributed by atoms with Crippen LogP contribution in [0.3, 0.4) is 0 Å². The molecule has 24 heavy (non-hydrogen) atoms. The quantitative estimate of drug-likeness (QED) is 0.484. The molecule has 116 valence electrons. The average Bonchev–Trinajstić information content (AvgIpc) is 2.64. The normalized spacial score (nSPS) is 10.8. The van der Waals surface area contributed by atoms with Gasteiger partial charge in [0.2, 0.25) is 0 Å². The molecule has 0 radical (unpaired) electrons. The molecule has 0 aliphatic heterocycles. The summed E-state index contributed by atoms with van der Waals surface area (Å²) in [5, 5.41) is 2.31. The predicted molar refractivity (Wildman–Crippen MR) is 103 cm³/mol. The van der Waals surface area contributed by atoms with Crippen LogP contribution in [-0.4, -0.2) is 0 Å². The van der Waals surface area contributed by atoms with Crippen molar-refractivity contribution >= 4 is 16.5 Å². The first-order valence-electron chi connectivity index (χ1n) is 8.22. The molecule has 4 aromatic carbocycles. The second kappa shape index (κ2) is 6.21. The Hall–Kier alpha value is -3.06. The zero-order valence-electron chi connectivity index (χ0n) is 13.4. The van der Waals surface area contributed by atoms with E-state index in [1.165, 1.54) is 22.1 Å². The third-order valence-corrected chi connectivity index (χ3v) is 4.47. The van der Waals surface area contributed by atoms with E-state index in [0.29, 0.717) is 0 Å². The van der Waals surface area contributed by atoms with Crippen molar-refractivity contribution in [2.24, 2.45) is 0 Å². The van der Waals surface area contributed by atoms with E-state index in [-0.39, 0.29) is 0 Å². The molecule has 0 saturated heterocycles. The van der Waals surface area contributed by atoms with Gasteiger partial charge in [-0.15, -0.1) is 0 Å². The van der Waals surface area contributed by atoms with Crippen LogP contribution in [0, 0.1) is 0 Å². The summed E-state index contributed by atoms with van der Waals surface area (Å²) >= 11 is 0. The second-order valence-corrected chi connectivity index (χ2v) is 6.07. The molecule has 0 aliphatic rings. The maximum atomic E-state index is 6.61. The fourth-order valence-electron chi connectivity index (χ4n) is 3.34. The van der Waals surface area contributed by atoms with Crippen LogP contribution in [0.5, 0.6) is 0 Å². The second-order valence-electron chi connectivity index (χ2n) is 6.07. The monoisotopic (exact) mass is 309 g/mol. The van der Waals surface area contributed by atoms with Crippen LogP contribution in [0.25, 0.3) is 21.9 Å². The van der Waals surface area contributed by atoms with Gasteiger partial charge in [0.1, 0.15) is 0 Å². The highest BCUT2D eigenvalue weighted by Crippen LogP contribution is 2.37. The standard InChI is InChI=1S/C23H19N/c24-23-21-14-8-7-13-19(21)16-20(15-17-9-3-1-4-10-17)22(23)18-11-5-2-6-12-18/h1-14,16H,15,24H2. The molecule has 0 unspecified atom stereocenters. The molecule has 0 amide bonds. The number of nitrogen functional groups attached to an aromatic ring is 1. The van der Waals surface area contributed by atoms with Crippen molar-refractivity contribution in [3.05, 3.63) is 102 Å². The van der Waals surface area contributed by atoms with Crippen molar-refractivity contribution in [2.45, 2.75) is 6.42 Å². The lowest BCUT2D eigenvalue weighted by Crippen LogP contribution is -1.99. The summed E-state index contributed by atoms with van der Waals surface area (Å²) in [4.78, 5) is 0. The predicted octanol–water partition coefficient (Wildman–Crippen LogP) is 5.68. The number of nitrogens with two attached hydrogens (primary N) is 1. The van der Waals surface area contributed by atoms with Gasteiger partial charge in [0.15, 0.2) is 0 Å². The summed E-state index contributed by atoms with van der Waals surface area (Å²) in [6.45, 7) is 0. The first-order chi connectivity index (χ1) is 11.8. The maximum absolute atomic E-state index is 6.61.